The molecule has 0 aliphatic heterocycles. The van der Waals surface area contributed by atoms with E-state index >= 15 is 0 Å². The number of nitrogens with zero attached hydrogens (tertiary/aromatic N) is 3. The van der Waals surface area contributed by atoms with E-state index in [1.807, 2.05) is 56.3 Å². The van der Waals surface area contributed by atoms with Gasteiger partial charge in [-0.25, -0.2) is 9.67 Å². The number of anilines is 1. The van der Waals surface area contributed by atoms with Crippen LogP contribution in [0.25, 0.3) is 17.1 Å². The number of hydrogen-bond donors (Lipinski definition) is 1. The summed E-state index contributed by atoms with van der Waals surface area (Å²) in [5, 5.41) is 8.47. The number of nitrogens with one attached hydrogen (secondary N) is 1. The van der Waals surface area contributed by atoms with E-state index in [0.29, 0.717) is 21.6 Å². The summed E-state index contributed by atoms with van der Waals surface area (Å²) in [6.45, 7) is 3.91. The Hall–Kier alpha value is -3.15. The molecule has 0 unspecified atom stereocenters. The fourth-order valence-electron chi connectivity index (χ4n) is 2.92. The third-order valence-corrected chi connectivity index (χ3v) is 5.28. The topological polar surface area (TPSA) is 59.8 Å². The fraction of sp³-hybridized carbons (Fsp3) is 0.0870. The van der Waals surface area contributed by atoms with Crippen LogP contribution in [0, 0.1) is 13.8 Å². The van der Waals surface area contributed by atoms with Crippen LogP contribution < -0.4 is 5.32 Å². The number of carbonyl (C=O) groups is 1. The SMILES string of the molecule is Cc1ccc(-n2nc(C(=O)Nc3ccc(C)c(Cl)c3)nc2-c2ccc(Cl)cc2)cc1. The molecule has 1 N–H and O–H groups in total. The lowest BCUT2D eigenvalue weighted by Gasteiger charge is -2.06. The molecule has 30 heavy (non-hydrogen) atoms. The molecule has 0 radical (unpaired) electrons. The van der Waals surface area contributed by atoms with Crippen LogP contribution in [0.2, 0.25) is 10.0 Å². The van der Waals surface area contributed by atoms with Crippen molar-refractivity contribution in [2.45, 2.75) is 13.8 Å². The van der Waals surface area contributed by atoms with Crippen LogP contribution in [-0.2, 0) is 0 Å². The first kappa shape index (κ1) is 20.1. The van der Waals surface area contributed by atoms with Crippen molar-refractivity contribution in [3.63, 3.8) is 0 Å². The number of halogens is 2. The van der Waals surface area contributed by atoms with Crippen molar-refractivity contribution in [2.75, 3.05) is 5.32 Å². The van der Waals surface area contributed by atoms with Gasteiger partial charge in [-0.1, -0.05) is 47.0 Å². The number of rotatable bonds is 4. The molecule has 150 valence electrons. The molecule has 4 rings (SSSR count). The molecule has 0 spiro atoms. The minimum absolute atomic E-state index is 0.0530. The van der Waals surface area contributed by atoms with Crippen LogP contribution in [-0.4, -0.2) is 20.7 Å². The van der Waals surface area contributed by atoms with Crippen LogP contribution in [0.1, 0.15) is 21.7 Å². The molecule has 0 aliphatic carbocycles. The third kappa shape index (κ3) is 4.22. The molecule has 0 atom stereocenters. The average molecular weight is 437 g/mol. The van der Waals surface area contributed by atoms with Gasteiger partial charge in [0.2, 0.25) is 5.82 Å². The quantitative estimate of drug-likeness (QED) is 0.419. The van der Waals surface area contributed by atoms with E-state index in [1.165, 1.54) is 0 Å². The third-order valence-electron chi connectivity index (χ3n) is 4.62. The fourth-order valence-corrected chi connectivity index (χ4v) is 3.22. The molecule has 5 nitrogen and oxygen atoms in total. The summed E-state index contributed by atoms with van der Waals surface area (Å²) in [6.07, 6.45) is 0. The van der Waals surface area contributed by atoms with Gasteiger partial charge in [0.05, 0.1) is 5.69 Å². The smallest absolute Gasteiger partial charge is 0.295 e. The number of hydrogen-bond acceptors (Lipinski definition) is 3. The molecule has 7 heteroatoms. The summed E-state index contributed by atoms with van der Waals surface area (Å²) in [7, 11) is 0. The lowest BCUT2D eigenvalue weighted by atomic mass is 10.2. The summed E-state index contributed by atoms with van der Waals surface area (Å²) in [5.41, 5.74) is 4.23. The number of amides is 1. The molecule has 1 amide bonds. The lowest BCUT2D eigenvalue weighted by Crippen LogP contribution is -2.14. The van der Waals surface area contributed by atoms with Crippen molar-refractivity contribution in [1.82, 2.24) is 14.8 Å². The number of aryl methyl sites for hydroxylation is 2. The van der Waals surface area contributed by atoms with Crippen molar-refractivity contribution in [2.24, 2.45) is 0 Å². The normalized spacial score (nSPS) is 10.8. The first-order valence-corrected chi connectivity index (χ1v) is 10.0. The van der Waals surface area contributed by atoms with Crippen LogP contribution in [0.4, 0.5) is 5.69 Å². The van der Waals surface area contributed by atoms with Gasteiger partial charge in [0, 0.05) is 21.3 Å². The zero-order valence-corrected chi connectivity index (χ0v) is 17.9. The monoisotopic (exact) mass is 436 g/mol. The minimum Gasteiger partial charge on any atom is -0.319 e. The van der Waals surface area contributed by atoms with E-state index < -0.39 is 5.91 Å². The minimum atomic E-state index is -0.420. The Morgan fingerprint density at radius 1 is 0.933 bits per heavy atom. The van der Waals surface area contributed by atoms with Crippen LogP contribution in [0.5, 0.6) is 0 Å². The van der Waals surface area contributed by atoms with Crippen molar-refractivity contribution in [3.8, 4) is 17.1 Å². The molecule has 4 aromatic rings. The predicted octanol–water partition coefficient (Wildman–Crippen LogP) is 6.11. The Kier molecular flexibility index (Phi) is 5.57. The van der Waals surface area contributed by atoms with Gasteiger partial charge in [-0.15, -0.1) is 5.10 Å². The Morgan fingerprint density at radius 3 is 2.30 bits per heavy atom. The second-order valence-electron chi connectivity index (χ2n) is 6.93. The Balaban J connectivity index is 1.74. The van der Waals surface area contributed by atoms with Gasteiger partial charge in [0.1, 0.15) is 0 Å². The van der Waals surface area contributed by atoms with Crippen LogP contribution in [0.15, 0.2) is 66.7 Å². The van der Waals surface area contributed by atoms with Gasteiger partial charge < -0.3 is 5.32 Å². The van der Waals surface area contributed by atoms with Crippen molar-refractivity contribution < 1.29 is 4.79 Å². The van der Waals surface area contributed by atoms with Crippen LogP contribution in [0.3, 0.4) is 0 Å². The average Bonchev–Trinajstić information content (AvgIpc) is 3.17. The largest absolute Gasteiger partial charge is 0.319 e. The molecule has 0 saturated carbocycles. The summed E-state index contributed by atoms with van der Waals surface area (Å²) < 4.78 is 1.65. The summed E-state index contributed by atoms with van der Waals surface area (Å²) in [6, 6.07) is 20.4. The summed E-state index contributed by atoms with van der Waals surface area (Å²) >= 11 is 12.2. The number of carbonyl (C=O) groups excluding carboxylic acids is 1. The molecule has 1 aromatic heterocycles. The van der Waals surface area contributed by atoms with Crippen molar-refractivity contribution in [1.29, 1.82) is 0 Å². The molecule has 0 aliphatic rings. The Bertz CT molecular complexity index is 1150. The van der Waals surface area contributed by atoms with Crippen molar-refractivity contribution >= 4 is 34.8 Å². The zero-order valence-electron chi connectivity index (χ0n) is 16.4. The highest BCUT2D eigenvalue weighted by Crippen LogP contribution is 2.24. The van der Waals surface area contributed by atoms with Gasteiger partial charge in [0.25, 0.3) is 5.91 Å². The highest BCUT2D eigenvalue weighted by molar-refractivity contribution is 6.31. The molecular formula is C23H18Cl2N4O. The van der Waals surface area contributed by atoms with E-state index in [4.69, 9.17) is 23.2 Å². The summed E-state index contributed by atoms with van der Waals surface area (Å²) in [4.78, 5) is 17.3. The molecular weight excluding hydrogens is 419 g/mol. The highest BCUT2D eigenvalue weighted by atomic mass is 35.5. The van der Waals surface area contributed by atoms with E-state index in [0.717, 1.165) is 22.4 Å². The second kappa shape index (κ2) is 8.30. The first-order chi connectivity index (χ1) is 14.4. The van der Waals surface area contributed by atoms with E-state index in [9.17, 15) is 4.79 Å². The predicted molar refractivity (Wildman–Crippen MR) is 121 cm³/mol. The van der Waals surface area contributed by atoms with E-state index in [2.05, 4.69) is 15.4 Å². The number of benzene rings is 3. The van der Waals surface area contributed by atoms with Gasteiger partial charge >= 0.3 is 0 Å². The highest BCUT2D eigenvalue weighted by Gasteiger charge is 2.19. The van der Waals surface area contributed by atoms with Gasteiger partial charge in [0.15, 0.2) is 5.82 Å². The van der Waals surface area contributed by atoms with Gasteiger partial charge in [-0.2, -0.15) is 0 Å². The standard InChI is InChI=1S/C23H18Cl2N4O/c1-14-3-11-19(12-4-14)29-22(16-6-8-17(24)9-7-16)27-21(28-29)23(30)26-18-10-5-15(2)20(25)13-18/h3-13H,1-2H3,(H,26,30). The Morgan fingerprint density at radius 2 is 1.63 bits per heavy atom. The van der Waals surface area contributed by atoms with Crippen molar-refractivity contribution in [3.05, 3.63) is 93.7 Å². The molecule has 0 fully saturated rings. The molecule has 0 saturated heterocycles. The van der Waals surface area contributed by atoms with Crippen LogP contribution >= 0.6 is 23.2 Å². The van der Waals surface area contributed by atoms with E-state index in [-0.39, 0.29) is 5.82 Å². The maximum atomic E-state index is 12.8. The maximum Gasteiger partial charge on any atom is 0.295 e. The summed E-state index contributed by atoms with van der Waals surface area (Å²) in [5.74, 6) is 0.177. The molecule has 1 heterocycles. The molecule has 0 bridgehead atoms. The van der Waals surface area contributed by atoms with E-state index in [1.54, 1.807) is 28.9 Å². The lowest BCUT2D eigenvalue weighted by molar-refractivity contribution is 0.101. The zero-order chi connectivity index (χ0) is 21.3. The second-order valence-corrected chi connectivity index (χ2v) is 7.77. The first-order valence-electron chi connectivity index (χ1n) is 9.28. The Labute approximate surface area is 184 Å². The van der Waals surface area contributed by atoms with Gasteiger partial charge in [-0.05, 0) is 67.9 Å². The van der Waals surface area contributed by atoms with Gasteiger partial charge in [-0.3, -0.25) is 4.79 Å². The maximum absolute atomic E-state index is 12.8. The molecule has 3 aromatic carbocycles. The number of aromatic nitrogens is 3.